The van der Waals surface area contributed by atoms with E-state index in [0.29, 0.717) is 15.6 Å². The summed E-state index contributed by atoms with van der Waals surface area (Å²) >= 11 is 1.25. The van der Waals surface area contributed by atoms with Crippen LogP contribution in [0.25, 0.3) is 22.4 Å². The van der Waals surface area contributed by atoms with Crippen molar-refractivity contribution in [2.75, 3.05) is 0 Å². The van der Waals surface area contributed by atoms with Crippen molar-refractivity contribution in [2.45, 2.75) is 10.1 Å². The molecule has 0 amide bonds. The van der Waals surface area contributed by atoms with Gasteiger partial charge in [0.25, 0.3) is 0 Å². The highest BCUT2D eigenvalue weighted by atomic mass is 32.2. The smallest absolute Gasteiger partial charge is 0.350 e. The van der Waals surface area contributed by atoms with E-state index in [2.05, 4.69) is 10.2 Å². The highest BCUT2D eigenvalue weighted by Gasteiger charge is 2.14. The van der Waals surface area contributed by atoms with Gasteiger partial charge in [-0.25, -0.2) is 4.79 Å². The Balaban J connectivity index is 1.73. The van der Waals surface area contributed by atoms with Gasteiger partial charge in [0.05, 0.1) is 0 Å². The van der Waals surface area contributed by atoms with E-state index >= 15 is 0 Å². The Labute approximate surface area is 142 Å². The molecule has 4 rings (SSSR count). The third kappa shape index (κ3) is 2.61. The zero-order valence-electron chi connectivity index (χ0n) is 12.8. The molecule has 2 heterocycles. The van der Waals surface area contributed by atoms with Gasteiger partial charge in [-0.05, 0) is 23.9 Å². The Kier molecular flexibility index (Phi) is 3.66. The molecule has 0 spiro atoms. The molecule has 24 heavy (non-hydrogen) atoms. The summed E-state index contributed by atoms with van der Waals surface area (Å²) in [6.07, 6.45) is 0. The molecule has 0 unspecified atom stereocenters. The van der Waals surface area contributed by atoms with Gasteiger partial charge >= 0.3 is 5.63 Å². The molecule has 2 aromatic carbocycles. The maximum atomic E-state index is 12.2. The molecule has 0 aliphatic carbocycles. The van der Waals surface area contributed by atoms with Gasteiger partial charge < -0.3 is 8.98 Å². The summed E-state index contributed by atoms with van der Waals surface area (Å²) < 4.78 is 7.23. The summed E-state index contributed by atoms with van der Waals surface area (Å²) in [5.41, 5.74) is 1.18. The van der Waals surface area contributed by atoms with Crippen LogP contribution in [0.1, 0.15) is 0 Å². The average molecular weight is 335 g/mol. The fourth-order valence-electron chi connectivity index (χ4n) is 2.45. The van der Waals surface area contributed by atoms with Crippen LogP contribution >= 0.6 is 11.8 Å². The summed E-state index contributed by atoms with van der Waals surface area (Å²) in [5.74, 6) is 0.753. The van der Waals surface area contributed by atoms with Crippen LogP contribution in [-0.2, 0) is 7.05 Å². The lowest BCUT2D eigenvalue weighted by Gasteiger charge is -2.04. The molecule has 0 fully saturated rings. The molecule has 0 saturated carbocycles. The summed E-state index contributed by atoms with van der Waals surface area (Å²) in [7, 11) is 1.88. The fraction of sp³-hybridized carbons (Fsp3) is 0.0556. The second kappa shape index (κ2) is 5.98. The lowest BCUT2D eigenvalue weighted by molar-refractivity contribution is 0.543. The minimum Gasteiger partial charge on any atom is -0.422 e. The number of hydrogen-bond donors (Lipinski definition) is 0. The van der Waals surface area contributed by atoms with Crippen molar-refractivity contribution in [3.8, 4) is 11.4 Å². The average Bonchev–Trinajstić information content (AvgIpc) is 2.97. The molecule has 0 atom stereocenters. The van der Waals surface area contributed by atoms with E-state index in [1.807, 2.05) is 66.2 Å². The maximum Gasteiger partial charge on any atom is 0.350 e. The number of hydrogen-bond acceptors (Lipinski definition) is 5. The van der Waals surface area contributed by atoms with E-state index in [0.717, 1.165) is 16.8 Å². The van der Waals surface area contributed by atoms with E-state index in [4.69, 9.17) is 4.42 Å². The number of para-hydroxylation sites is 1. The normalized spacial score (nSPS) is 11.0. The third-order valence-electron chi connectivity index (χ3n) is 3.68. The van der Waals surface area contributed by atoms with Gasteiger partial charge in [-0.2, -0.15) is 0 Å². The van der Waals surface area contributed by atoms with Crippen LogP contribution in [0, 0.1) is 0 Å². The number of fused-ring (bicyclic) bond motifs is 1. The van der Waals surface area contributed by atoms with Crippen LogP contribution in [0.15, 0.2) is 79.9 Å². The van der Waals surface area contributed by atoms with E-state index in [1.54, 1.807) is 6.07 Å². The molecule has 0 N–H and O–H groups in total. The van der Waals surface area contributed by atoms with Crippen molar-refractivity contribution in [1.29, 1.82) is 0 Å². The molecule has 0 aliphatic rings. The van der Waals surface area contributed by atoms with Gasteiger partial charge in [-0.1, -0.05) is 48.5 Å². The van der Waals surface area contributed by atoms with Crippen molar-refractivity contribution < 1.29 is 4.42 Å². The quantitative estimate of drug-likeness (QED) is 0.534. The minimum atomic E-state index is -0.372. The van der Waals surface area contributed by atoms with E-state index in [-0.39, 0.29) is 5.63 Å². The highest BCUT2D eigenvalue weighted by Crippen LogP contribution is 2.28. The molecule has 5 nitrogen and oxygen atoms in total. The van der Waals surface area contributed by atoms with Crippen LogP contribution in [0.5, 0.6) is 0 Å². The van der Waals surface area contributed by atoms with Crippen molar-refractivity contribution in [2.24, 2.45) is 7.05 Å². The van der Waals surface area contributed by atoms with Crippen LogP contribution in [0.4, 0.5) is 0 Å². The Bertz CT molecular complexity index is 1070. The molecule has 6 heteroatoms. The topological polar surface area (TPSA) is 60.9 Å². The van der Waals surface area contributed by atoms with Crippen LogP contribution in [0.3, 0.4) is 0 Å². The highest BCUT2D eigenvalue weighted by molar-refractivity contribution is 7.99. The van der Waals surface area contributed by atoms with Gasteiger partial charge in [0.15, 0.2) is 11.0 Å². The molecule has 118 valence electrons. The van der Waals surface area contributed by atoms with Crippen LogP contribution < -0.4 is 5.63 Å². The Morgan fingerprint density at radius 3 is 2.58 bits per heavy atom. The van der Waals surface area contributed by atoms with Crippen molar-refractivity contribution in [3.05, 3.63) is 71.1 Å². The lowest BCUT2D eigenvalue weighted by atomic mass is 10.2. The first kappa shape index (κ1) is 14.7. The summed E-state index contributed by atoms with van der Waals surface area (Å²) in [6.45, 7) is 0. The molecule has 0 radical (unpaired) electrons. The largest absolute Gasteiger partial charge is 0.422 e. The predicted molar refractivity (Wildman–Crippen MR) is 93.0 cm³/mol. The lowest BCUT2D eigenvalue weighted by Crippen LogP contribution is -2.03. The van der Waals surface area contributed by atoms with Gasteiger partial charge in [-0.3, -0.25) is 0 Å². The molecule has 4 aromatic rings. The van der Waals surface area contributed by atoms with Gasteiger partial charge in [-0.15, -0.1) is 10.2 Å². The van der Waals surface area contributed by atoms with E-state index in [1.165, 1.54) is 11.8 Å². The van der Waals surface area contributed by atoms with Crippen molar-refractivity contribution >= 4 is 22.7 Å². The predicted octanol–water partition coefficient (Wildman–Crippen LogP) is 3.74. The van der Waals surface area contributed by atoms with E-state index in [9.17, 15) is 4.79 Å². The molecule has 0 bridgehead atoms. The molecular weight excluding hydrogens is 322 g/mol. The maximum absolute atomic E-state index is 12.2. The first-order chi connectivity index (χ1) is 11.7. The van der Waals surface area contributed by atoms with Crippen LogP contribution in [0.2, 0.25) is 0 Å². The number of benzene rings is 2. The first-order valence-electron chi connectivity index (χ1n) is 7.38. The van der Waals surface area contributed by atoms with Gasteiger partial charge in [0.1, 0.15) is 10.5 Å². The monoisotopic (exact) mass is 335 g/mol. The Hall–Kier alpha value is -2.86. The standard InChI is InChI=1S/C18H13N3O2S/c1-21-16(12-7-3-2-4-8-12)19-20-18(21)24-15-11-13-9-5-6-10-14(13)23-17(15)22/h2-11H,1H3. The second-order valence-electron chi connectivity index (χ2n) is 5.27. The zero-order chi connectivity index (χ0) is 16.5. The third-order valence-corrected chi connectivity index (χ3v) is 4.72. The Morgan fingerprint density at radius 1 is 1.00 bits per heavy atom. The van der Waals surface area contributed by atoms with Crippen molar-refractivity contribution in [3.63, 3.8) is 0 Å². The molecular formula is C18H13N3O2S. The van der Waals surface area contributed by atoms with E-state index < -0.39 is 0 Å². The zero-order valence-corrected chi connectivity index (χ0v) is 13.7. The summed E-state index contributed by atoms with van der Waals surface area (Å²) in [5, 5.41) is 9.95. The first-order valence-corrected chi connectivity index (χ1v) is 8.19. The van der Waals surface area contributed by atoms with Gasteiger partial charge in [0, 0.05) is 18.0 Å². The van der Waals surface area contributed by atoms with Crippen LogP contribution in [-0.4, -0.2) is 14.8 Å². The Morgan fingerprint density at radius 2 is 1.75 bits per heavy atom. The van der Waals surface area contributed by atoms with Crippen molar-refractivity contribution in [1.82, 2.24) is 14.8 Å². The SMILES string of the molecule is Cn1c(Sc2cc3ccccc3oc2=O)nnc1-c1ccccc1. The minimum absolute atomic E-state index is 0.372. The summed E-state index contributed by atoms with van der Waals surface area (Å²) in [6, 6.07) is 19.1. The summed E-state index contributed by atoms with van der Waals surface area (Å²) in [4.78, 5) is 12.7. The van der Waals surface area contributed by atoms with Gasteiger partial charge in [0.2, 0.25) is 0 Å². The molecule has 0 aliphatic heterocycles. The molecule has 0 saturated heterocycles. The fourth-order valence-corrected chi connectivity index (χ4v) is 3.27. The number of rotatable bonds is 3. The number of nitrogens with zero attached hydrogens (tertiary/aromatic N) is 3. The second-order valence-corrected chi connectivity index (χ2v) is 6.28. The number of aromatic nitrogens is 3. The molecule has 2 aromatic heterocycles.